The van der Waals surface area contributed by atoms with E-state index in [1.807, 2.05) is 0 Å². The van der Waals surface area contributed by atoms with Gasteiger partial charge in [0.15, 0.2) is 0 Å². The first-order chi connectivity index (χ1) is 16.3. The van der Waals surface area contributed by atoms with E-state index >= 15 is 0 Å². The lowest BCUT2D eigenvalue weighted by molar-refractivity contribution is -0.578. The number of nitro benzene ring substituents is 1. The summed E-state index contributed by atoms with van der Waals surface area (Å²) in [5.74, 6) is -4.53. The van der Waals surface area contributed by atoms with Crippen LogP contribution in [-0.4, -0.2) is 21.7 Å². The minimum absolute atomic E-state index is 0.0635. The number of nitro groups is 2. The van der Waals surface area contributed by atoms with E-state index < -0.39 is 50.6 Å². The zero-order chi connectivity index (χ0) is 23.9. The van der Waals surface area contributed by atoms with E-state index in [4.69, 9.17) is 11.6 Å². The molecule has 0 radical (unpaired) electrons. The van der Waals surface area contributed by atoms with Crippen molar-refractivity contribution in [2.75, 3.05) is 4.90 Å². The zero-order valence-corrected chi connectivity index (χ0v) is 18.0. The van der Waals surface area contributed by atoms with Crippen molar-refractivity contribution < 1.29 is 19.4 Å². The van der Waals surface area contributed by atoms with Gasteiger partial charge >= 0.3 is 0 Å². The van der Waals surface area contributed by atoms with Crippen LogP contribution >= 0.6 is 11.6 Å². The predicted octanol–water partition coefficient (Wildman–Crippen LogP) is 4.03. The maximum Gasteiger partial charge on any atom is 0.294 e. The molecule has 168 valence electrons. The van der Waals surface area contributed by atoms with Crippen LogP contribution in [-0.2, 0) is 15.1 Å². The Kier molecular flexibility index (Phi) is 4.04. The minimum atomic E-state index is -1.99. The summed E-state index contributed by atoms with van der Waals surface area (Å²) in [6, 6.07) is 17.2. The Morgan fingerprint density at radius 3 is 2.00 bits per heavy atom. The average molecular weight is 476 g/mol. The molecule has 3 aromatic carbocycles. The molecular weight excluding hydrogens is 462 g/mol. The second-order valence-corrected chi connectivity index (χ2v) is 9.02. The van der Waals surface area contributed by atoms with Gasteiger partial charge in [0.05, 0.1) is 10.8 Å². The second kappa shape index (κ2) is 6.71. The monoisotopic (exact) mass is 475 g/mol. The van der Waals surface area contributed by atoms with E-state index in [1.54, 1.807) is 48.5 Å². The summed E-state index contributed by atoms with van der Waals surface area (Å²) < 4.78 is 0. The molecule has 0 saturated carbocycles. The first kappa shape index (κ1) is 20.5. The van der Waals surface area contributed by atoms with Crippen molar-refractivity contribution >= 4 is 34.8 Å². The van der Waals surface area contributed by atoms with Crippen LogP contribution in [0.3, 0.4) is 0 Å². The van der Waals surface area contributed by atoms with E-state index in [-0.39, 0.29) is 10.7 Å². The van der Waals surface area contributed by atoms with Crippen LogP contribution in [0.2, 0.25) is 5.02 Å². The molecule has 1 heterocycles. The third kappa shape index (κ3) is 2.24. The van der Waals surface area contributed by atoms with Gasteiger partial charge in [0, 0.05) is 33.1 Å². The Hall–Kier alpha value is -4.11. The Labute approximate surface area is 196 Å². The van der Waals surface area contributed by atoms with Gasteiger partial charge in [-0.05, 0) is 23.3 Å². The van der Waals surface area contributed by atoms with Gasteiger partial charge in [-0.2, -0.15) is 0 Å². The van der Waals surface area contributed by atoms with Gasteiger partial charge in [-0.1, -0.05) is 60.1 Å². The number of hydrogen-bond acceptors (Lipinski definition) is 6. The number of halogens is 1. The Morgan fingerprint density at radius 2 is 1.44 bits per heavy atom. The molecule has 34 heavy (non-hydrogen) atoms. The van der Waals surface area contributed by atoms with Crippen molar-refractivity contribution in [2.45, 2.75) is 11.5 Å². The summed E-state index contributed by atoms with van der Waals surface area (Å²) >= 11 is 5.92. The van der Waals surface area contributed by atoms with Crippen molar-refractivity contribution in [1.29, 1.82) is 0 Å². The molecule has 2 amide bonds. The van der Waals surface area contributed by atoms with Gasteiger partial charge in [0.2, 0.25) is 11.8 Å². The summed E-state index contributed by atoms with van der Waals surface area (Å²) in [5, 5.41) is 24.7. The molecule has 4 aliphatic rings. The fraction of sp³-hybridized carbons (Fsp3) is 0.167. The normalized spacial score (nSPS) is 26.1. The van der Waals surface area contributed by atoms with Crippen LogP contribution < -0.4 is 4.90 Å². The molecule has 0 N–H and O–H groups in total. The zero-order valence-electron chi connectivity index (χ0n) is 17.3. The summed E-state index contributed by atoms with van der Waals surface area (Å²) in [6.07, 6.45) is 0. The Morgan fingerprint density at radius 1 is 0.853 bits per heavy atom. The van der Waals surface area contributed by atoms with Gasteiger partial charge in [0.1, 0.15) is 11.6 Å². The molecule has 0 aromatic heterocycles. The summed E-state index contributed by atoms with van der Waals surface area (Å²) in [5.41, 5.74) is -0.775. The second-order valence-electron chi connectivity index (χ2n) is 8.58. The largest absolute Gasteiger partial charge is 0.294 e. The van der Waals surface area contributed by atoms with Crippen LogP contribution in [0.1, 0.15) is 28.2 Å². The number of imide groups is 1. The van der Waals surface area contributed by atoms with E-state index in [0.717, 1.165) is 11.0 Å². The highest BCUT2D eigenvalue weighted by molar-refractivity contribution is 6.31. The molecule has 3 aliphatic carbocycles. The van der Waals surface area contributed by atoms with Crippen molar-refractivity contribution in [3.8, 4) is 0 Å². The Balaban J connectivity index is 1.66. The fourth-order valence-corrected chi connectivity index (χ4v) is 6.28. The molecule has 2 atom stereocenters. The van der Waals surface area contributed by atoms with Crippen LogP contribution in [0, 0.1) is 32.1 Å². The van der Waals surface area contributed by atoms with E-state index in [2.05, 4.69) is 0 Å². The van der Waals surface area contributed by atoms with Crippen LogP contribution in [0.4, 0.5) is 11.4 Å². The van der Waals surface area contributed by atoms with Crippen LogP contribution in [0.25, 0.3) is 0 Å². The molecule has 9 nitrogen and oxygen atoms in total. The number of anilines is 1. The third-order valence-electron chi connectivity index (χ3n) is 7.24. The average Bonchev–Trinajstić information content (AvgIpc) is 3.09. The molecule has 7 rings (SSSR count). The van der Waals surface area contributed by atoms with Gasteiger partial charge in [0.25, 0.3) is 11.2 Å². The summed E-state index contributed by atoms with van der Waals surface area (Å²) in [7, 11) is 0. The number of amides is 2. The SMILES string of the molecule is O=C1[C@@H]2[C@@H](C(=O)N1c1ccc(Cl)cc1[N+](=O)[O-])C1c3ccccc3C2([N+](=O)[O-])c2ccccc21. The first-order valence-electron chi connectivity index (χ1n) is 10.4. The number of hydrogen-bond donors (Lipinski definition) is 0. The fourth-order valence-electron chi connectivity index (χ4n) is 6.11. The lowest BCUT2D eigenvalue weighted by Gasteiger charge is -2.48. The number of nitrogens with zero attached hydrogens (tertiary/aromatic N) is 3. The lowest BCUT2D eigenvalue weighted by Crippen LogP contribution is -2.57. The molecule has 1 saturated heterocycles. The van der Waals surface area contributed by atoms with Gasteiger partial charge in [-0.3, -0.25) is 29.8 Å². The molecule has 0 unspecified atom stereocenters. The predicted molar refractivity (Wildman–Crippen MR) is 120 cm³/mol. The van der Waals surface area contributed by atoms with E-state index in [0.29, 0.717) is 22.3 Å². The van der Waals surface area contributed by atoms with Crippen LogP contribution in [0.5, 0.6) is 0 Å². The topological polar surface area (TPSA) is 124 Å². The van der Waals surface area contributed by atoms with E-state index in [1.165, 1.54) is 12.1 Å². The number of carbonyl (C=O) groups excluding carboxylic acids is 2. The standard InChI is InChI=1S/C24H14ClN3O6/c25-12-9-10-17(18(11-12)27(31)32)26-22(29)20-19-13-5-1-3-7-15(13)24(28(33)34,21(20)23(26)30)16-8-4-2-6-14(16)19/h1-11,19-21H/t19?,20-,21-,24?/m0/s1. The third-order valence-corrected chi connectivity index (χ3v) is 7.47. The maximum absolute atomic E-state index is 13.9. The lowest BCUT2D eigenvalue weighted by atomic mass is 9.51. The minimum Gasteiger partial charge on any atom is -0.274 e. The van der Waals surface area contributed by atoms with Crippen molar-refractivity contribution in [1.82, 2.24) is 0 Å². The smallest absolute Gasteiger partial charge is 0.274 e. The highest BCUT2D eigenvalue weighted by atomic mass is 35.5. The van der Waals surface area contributed by atoms with Gasteiger partial charge in [-0.25, -0.2) is 4.90 Å². The molecule has 1 fully saturated rings. The summed E-state index contributed by atoms with van der Waals surface area (Å²) in [6.45, 7) is 0. The van der Waals surface area contributed by atoms with Crippen LogP contribution in [0.15, 0.2) is 66.7 Å². The molecule has 3 aromatic rings. The summed E-state index contributed by atoms with van der Waals surface area (Å²) in [4.78, 5) is 51.8. The highest BCUT2D eigenvalue weighted by Crippen LogP contribution is 2.64. The van der Waals surface area contributed by atoms with Crippen molar-refractivity contribution in [3.63, 3.8) is 0 Å². The molecule has 2 bridgehead atoms. The van der Waals surface area contributed by atoms with Crippen molar-refractivity contribution in [3.05, 3.63) is 114 Å². The number of carbonyl (C=O) groups is 2. The molecule has 0 spiro atoms. The number of benzene rings is 3. The number of rotatable bonds is 3. The van der Waals surface area contributed by atoms with Gasteiger partial charge in [-0.15, -0.1) is 0 Å². The van der Waals surface area contributed by atoms with E-state index in [9.17, 15) is 29.8 Å². The maximum atomic E-state index is 13.9. The van der Waals surface area contributed by atoms with Crippen molar-refractivity contribution in [2.24, 2.45) is 11.8 Å². The first-order valence-corrected chi connectivity index (χ1v) is 10.8. The highest BCUT2D eigenvalue weighted by Gasteiger charge is 2.75. The quantitative estimate of drug-likeness (QED) is 0.320. The van der Waals surface area contributed by atoms with Gasteiger partial charge < -0.3 is 0 Å². The molecule has 10 heteroatoms. The molecular formula is C24H14ClN3O6. The molecule has 1 aliphatic heterocycles. The Bertz CT molecular complexity index is 1420.